The van der Waals surface area contributed by atoms with Crippen molar-refractivity contribution in [3.05, 3.63) is 35.1 Å². The zero-order chi connectivity index (χ0) is 11.4. The Bertz CT molecular complexity index is 363. The van der Waals surface area contributed by atoms with E-state index in [9.17, 15) is 9.18 Å². The Balaban J connectivity index is 3.01. The van der Waals surface area contributed by atoms with Gasteiger partial charge in [-0.3, -0.25) is 4.79 Å². The van der Waals surface area contributed by atoms with Gasteiger partial charge in [-0.05, 0) is 30.5 Å². The van der Waals surface area contributed by atoms with Crippen molar-refractivity contribution in [2.75, 3.05) is 6.61 Å². The van der Waals surface area contributed by atoms with Crippen LogP contribution >= 0.6 is 0 Å². The quantitative estimate of drug-likeness (QED) is 0.798. The Hall–Kier alpha value is -1.42. The molecule has 4 heteroatoms. The highest BCUT2D eigenvalue weighted by Crippen LogP contribution is 2.21. The first-order valence-electron chi connectivity index (χ1n) is 4.66. The molecular weight excluding hydrogens is 199 g/mol. The van der Waals surface area contributed by atoms with Gasteiger partial charge in [0.25, 0.3) is 0 Å². The van der Waals surface area contributed by atoms with E-state index in [4.69, 9.17) is 10.2 Å². The van der Waals surface area contributed by atoms with Crippen LogP contribution in [0, 0.1) is 12.7 Å². The maximum Gasteiger partial charge on any atom is 0.311 e. The van der Waals surface area contributed by atoms with Gasteiger partial charge >= 0.3 is 5.97 Å². The van der Waals surface area contributed by atoms with Crippen molar-refractivity contribution >= 4 is 5.97 Å². The number of aliphatic hydroxyl groups is 1. The third-order valence-electron chi connectivity index (χ3n) is 2.30. The fraction of sp³-hybridized carbons (Fsp3) is 0.364. The summed E-state index contributed by atoms with van der Waals surface area (Å²) >= 11 is 0. The zero-order valence-corrected chi connectivity index (χ0v) is 8.40. The summed E-state index contributed by atoms with van der Waals surface area (Å²) in [4.78, 5) is 10.9. The first kappa shape index (κ1) is 11.7. The van der Waals surface area contributed by atoms with Crippen LogP contribution in [0.3, 0.4) is 0 Å². The maximum absolute atomic E-state index is 13.0. The van der Waals surface area contributed by atoms with E-state index in [2.05, 4.69) is 0 Å². The van der Waals surface area contributed by atoms with Gasteiger partial charge in [-0.15, -0.1) is 0 Å². The van der Waals surface area contributed by atoms with E-state index in [0.29, 0.717) is 11.1 Å². The molecule has 3 nitrogen and oxygen atoms in total. The van der Waals surface area contributed by atoms with Crippen molar-refractivity contribution in [2.45, 2.75) is 19.3 Å². The second-order valence-electron chi connectivity index (χ2n) is 3.41. The van der Waals surface area contributed by atoms with Gasteiger partial charge in [0.1, 0.15) is 5.82 Å². The molecule has 1 aromatic carbocycles. The molecule has 0 aliphatic heterocycles. The van der Waals surface area contributed by atoms with E-state index >= 15 is 0 Å². The molecule has 0 bridgehead atoms. The maximum atomic E-state index is 13.0. The molecule has 1 aromatic rings. The Morgan fingerprint density at radius 2 is 2.20 bits per heavy atom. The summed E-state index contributed by atoms with van der Waals surface area (Å²) in [7, 11) is 0. The molecule has 1 rings (SSSR count). The van der Waals surface area contributed by atoms with Gasteiger partial charge in [0.05, 0.1) is 5.92 Å². The standard InChI is InChI=1S/C11H13FO3/c1-7-6-8(2-3-10(7)12)9(4-5-13)11(14)15/h2-3,6,9,13H,4-5H2,1H3,(H,14,15). The normalized spacial score (nSPS) is 12.5. The number of carboxylic acids is 1. The van der Waals surface area contributed by atoms with Gasteiger partial charge in [-0.25, -0.2) is 4.39 Å². The first-order valence-corrected chi connectivity index (χ1v) is 4.66. The molecule has 1 unspecified atom stereocenters. The fourth-order valence-corrected chi connectivity index (χ4v) is 1.45. The van der Waals surface area contributed by atoms with Gasteiger partial charge < -0.3 is 10.2 Å². The van der Waals surface area contributed by atoms with E-state index in [1.54, 1.807) is 6.92 Å². The van der Waals surface area contributed by atoms with Gasteiger partial charge in [0.15, 0.2) is 0 Å². The monoisotopic (exact) mass is 212 g/mol. The van der Waals surface area contributed by atoms with Crippen molar-refractivity contribution in [1.29, 1.82) is 0 Å². The molecule has 0 saturated carbocycles. The minimum absolute atomic E-state index is 0.139. The Morgan fingerprint density at radius 3 is 2.67 bits per heavy atom. The lowest BCUT2D eigenvalue weighted by atomic mass is 9.95. The van der Waals surface area contributed by atoms with E-state index in [1.165, 1.54) is 18.2 Å². The number of hydrogen-bond acceptors (Lipinski definition) is 2. The number of carboxylic acid groups (broad SMARTS) is 1. The van der Waals surface area contributed by atoms with Crippen LogP contribution in [-0.4, -0.2) is 22.8 Å². The van der Waals surface area contributed by atoms with Gasteiger partial charge in [-0.2, -0.15) is 0 Å². The minimum atomic E-state index is -1.00. The third-order valence-corrected chi connectivity index (χ3v) is 2.30. The van der Waals surface area contributed by atoms with Crippen molar-refractivity contribution in [3.8, 4) is 0 Å². The van der Waals surface area contributed by atoms with Gasteiger partial charge in [-0.1, -0.05) is 12.1 Å². The number of rotatable bonds is 4. The smallest absolute Gasteiger partial charge is 0.311 e. The highest BCUT2D eigenvalue weighted by molar-refractivity contribution is 5.76. The summed E-state index contributed by atoms with van der Waals surface area (Å²) in [5.74, 6) is -2.13. The summed E-state index contributed by atoms with van der Waals surface area (Å²) < 4.78 is 13.0. The highest BCUT2D eigenvalue weighted by atomic mass is 19.1. The van der Waals surface area contributed by atoms with Crippen LogP contribution in [0.1, 0.15) is 23.5 Å². The average molecular weight is 212 g/mol. The number of halogens is 1. The van der Waals surface area contributed by atoms with E-state index in [0.717, 1.165) is 0 Å². The summed E-state index contributed by atoms with van der Waals surface area (Å²) in [5, 5.41) is 17.6. The van der Waals surface area contributed by atoms with Crippen LogP contribution in [0.4, 0.5) is 4.39 Å². The molecule has 0 spiro atoms. The second kappa shape index (κ2) is 4.89. The molecule has 0 aliphatic carbocycles. The molecule has 0 fully saturated rings. The van der Waals surface area contributed by atoms with Crippen molar-refractivity contribution in [2.24, 2.45) is 0 Å². The lowest BCUT2D eigenvalue weighted by molar-refractivity contribution is -0.139. The largest absolute Gasteiger partial charge is 0.481 e. The van der Waals surface area contributed by atoms with E-state index < -0.39 is 11.9 Å². The molecular formula is C11H13FO3. The van der Waals surface area contributed by atoms with Crippen LogP contribution in [0.15, 0.2) is 18.2 Å². The minimum Gasteiger partial charge on any atom is -0.481 e. The summed E-state index contributed by atoms with van der Waals surface area (Å²) in [6.07, 6.45) is 0.139. The highest BCUT2D eigenvalue weighted by Gasteiger charge is 2.19. The van der Waals surface area contributed by atoms with Crippen LogP contribution in [-0.2, 0) is 4.79 Å². The Kier molecular flexibility index (Phi) is 3.80. The Morgan fingerprint density at radius 1 is 1.53 bits per heavy atom. The summed E-state index contributed by atoms with van der Waals surface area (Å²) in [6.45, 7) is 1.38. The molecule has 15 heavy (non-hydrogen) atoms. The van der Waals surface area contributed by atoms with Gasteiger partial charge in [0.2, 0.25) is 0 Å². The van der Waals surface area contributed by atoms with Crippen LogP contribution in [0.2, 0.25) is 0 Å². The topological polar surface area (TPSA) is 57.5 Å². The van der Waals surface area contributed by atoms with Crippen LogP contribution < -0.4 is 0 Å². The van der Waals surface area contributed by atoms with Crippen LogP contribution in [0.25, 0.3) is 0 Å². The lowest BCUT2D eigenvalue weighted by Gasteiger charge is -2.11. The number of aryl methyl sites for hydroxylation is 1. The first-order chi connectivity index (χ1) is 7.06. The van der Waals surface area contributed by atoms with Gasteiger partial charge in [0, 0.05) is 6.61 Å². The molecule has 2 N–H and O–H groups in total. The molecule has 0 saturated heterocycles. The molecule has 1 atom stereocenters. The summed E-state index contributed by atoms with van der Waals surface area (Å²) in [6, 6.07) is 4.19. The fourth-order valence-electron chi connectivity index (χ4n) is 1.45. The lowest BCUT2D eigenvalue weighted by Crippen LogP contribution is -2.13. The third kappa shape index (κ3) is 2.76. The molecule has 0 aromatic heterocycles. The molecule has 82 valence electrons. The number of carbonyl (C=O) groups is 1. The average Bonchev–Trinajstić information content (AvgIpc) is 2.18. The van der Waals surface area contributed by atoms with Crippen molar-refractivity contribution in [3.63, 3.8) is 0 Å². The molecule has 0 heterocycles. The molecule has 0 radical (unpaired) electrons. The van der Waals surface area contributed by atoms with Crippen molar-refractivity contribution in [1.82, 2.24) is 0 Å². The predicted octanol–water partition coefficient (Wildman–Crippen LogP) is 1.68. The van der Waals surface area contributed by atoms with E-state index in [-0.39, 0.29) is 18.8 Å². The van der Waals surface area contributed by atoms with Crippen molar-refractivity contribution < 1.29 is 19.4 Å². The number of benzene rings is 1. The number of aliphatic carboxylic acids is 1. The van der Waals surface area contributed by atoms with E-state index in [1.807, 2.05) is 0 Å². The number of hydrogen-bond donors (Lipinski definition) is 2. The number of aliphatic hydroxyl groups excluding tert-OH is 1. The second-order valence-corrected chi connectivity index (χ2v) is 3.41. The Labute approximate surface area is 87.2 Å². The molecule has 0 amide bonds. The SMILES string of the molecule is Cc1cc(C(CCO)C(=O)O)ccc1F. The van der Waals surface area contributed by atoms with Crippen LogP contribution in [0.5, 0.6) is 0 Å². The molecule has 0 aliphatic rings. The summed E-state index contributed by atoms with van der Waals surface area (Å²) in [5.41, 5.74) is 0.937. The predicted molar refractivity (Wildman–Crippen MR) is 53.2 cm³/mol. The zero-order valence-electron chi connectivity index (χ0n) is 8.40.